The lowest BCUT2D eigenvalue weighted by Crippen LogP contribution is -2.17. The van der Waals surface area contributed by atoms with Crippen LogP contribution in [-0.2, 0) is 9.47 Å². The summed E-state index contributed by atoms with van der Waals surface area (Å²) in [5, 5.41) is 0. The number of carbonyl (C=O) groups excluding carboxylic acids is 2. The third-order valence-corrected chi connectivity index (χ3v) is 3.56. The molecule has 132 valence electrons. The van der Waals surface area contributed by atoms with Crippen molar-refractivity contribution < 1.29 is 23.8 Å². The molecule has 0 radical (unpaired) electrons. The van der Waals surface area contributed by atoms with Crippen molar-refractivity contribution in [3.05, 3.63) is 47.2 Å². The van der Waals surface area contributed by atoms with E-state index in [0.717, 1.165) is 5.56 Å². The molecule has 25 heavy (non-hydrogen) atoms. The van der Waals surface area contributed by atoms with E-state index in [0.29, 0.717) is 17.1 Å². The zero-order valence-corrected chi connectivity index (χ0v) is 14.8. The van der Waals surface area contributed by atoms with Crippen molar-refractivity contribution in [2.24, 2.45) is 0 Å². The normalized spacial score (nSPS) is 10.2. The zero-order chi connectivity index (χ0) is 18.4. The van der Waals surface area contributed by atoms with E-state index in [9.17, 15) is 9.59 Å². The molecule has 0 unspecified atom stereocenters. The number of nitrogens with zero attached hydrogens (tertiary/aromatic N) is 1. The second-order valence-corrected chi connectivity index (χ2v) is 5.18. The van der Waals surface area contributed by atoms with E-state index in [-0.39, 0.29) is 24.3 Å². The minimum absolute atomic E-state index is 0.137. The number of pyridine rings is 1. The van der Waals surface area contributed by atoms with E-state index in [2.05, 4.69) is 4.98 Å². The van der Waals surface area contributed by atoms with Crippen LogP contribution in [0.3, 0.4) is 0 Å². The molecule has 0 spiro atoms. The molecule has 6 nitrogen and oxygen atoms in total. The van der Waals surface area contributed by atoms with Gasteiger partial charge in [-0.3, -0.25) is 4.98 Å². The third kappa shape index (κ3) is 4.15. The van der Waals surface area contributed by atoms with Crippen LogP contribution in [0.4, 0.5) is 0 Å². The van der Waals surface area contributed by atoms with Crippen molar-refractivity contribution in [3.63, 3.8) is 0 Å². The summed E-state index contributed by atoms with van der Waals surface area (Å²) in [5.41, 5.74) is 2.06. The molecular formula is C19H21NO5. The summed E-state index contributed by atoms with van der Waals surface area (Å²) in [5.74, 6) is -0.447. The molecule has 0 saturated carbocycles. The summed E-state index contributed by atoms with van der Waals surface area (Å²) >= 11 is 0. The largest absolute Gasteiger partial charge is 0.497 e. The maximum Gasteiger partial charge on any atom is 0.340 e. The van der Waals surface area contributed by atoms with Gasteiger partial charge in [0.05, 0.1) is 42.8 Å². The second-order valence-electron chi connectivity index (χ2n) is 5.18. The third-order valence-electron chi connectivity index (χ3n) is 3.56. The van der Waals surface area contributed by atoms with Crippen LogP contribution >= 0.6 is 0 Å². The summed E-state index contributed by atoms with van der Waals surface area (Å²) in [4.78, 5) is 29.0. The molecule has 2 aromatic rings. The molecule has 0 atom stereocenters. The van der Waals surface area contributed by atoms with Gasteiger partial charge in [-0.25, -0.2) is 9.59 Å². The highest BCUT2D eigenvalue weighted by Crippen LogP contribution is 2.25. The van der Waals surface area contributed by atoms with Gasteiger partial charge in [0.15, 0.2) is 0 Å². The molecule has 0 N–H and O–H groups in total. The van der Waals surface area contributed by atoms with Crippen LogP contribution in [0.25, 0.3) is 11.3 Å². The van der Waals surface area contributed by atoms with Crippen LogP contribution < -0.4 is 4.74 Å². The quantitative estimate of drug-likeness (QED) is 0.748. The van der Waals surface area contributed by atoms with E-state index in [4.69, 9.17) is 14.2 Å². The van der Waals surface area contributed by atoms with Gasteiger partial charge in [0.25, 0.3) is 0 Å². The van der Waals surface area contributed by atoms with Crippen LogP contribution in [0.2, 0.25) is 0 Å². The van der Waals surface area contributed by atoms with Gasteiger partial charge in [-0.2, -0.15) is 0 Å². The first-order valence-electron chi connectivity index (χ1n) is 8.02. The Morgan fingerprint density at radius 2 is 1.60 bits per heavy atom. The Morgan fingerprint density at radius 1 is 1.00 bits per heavy atom. The molecule has 1 aromatic heterocycles. The Bertz CT molecular complexity index is 768. The molecule has 0 saturated heterocycles. The fourth-order valence-corrected chi connectivity index (χ4v) is 2.41. The van der Waals surface area contributed by atoms with Crippen molar-refractivity contribution in [1.82, 2.24) is 4.98 Å². The van der Waals surface area contributed by atoms with Gasteiger partial charge in [0.1, 0.15) is 5.75 Å². The van der Waals surface area contributed by atoms with Gasteiger partial charge in [-0.05, 0) is 51.1 Å². The SMILES string of the molecule is CCOC(=O)c1cc(-c2ccc(OC)cc2)nc(C)c1C(=O)OCC. The van der Waals surface area contributed by atoms with E-state index < -0.39 is 11.9 Å². The molecule has 6 heteroatoms. The number of aryl methyl sites for hydroxylation is 1. The Balaban J connectivity index is 2.56. The molecule has 1 aromatic carbocycles. The van der Waals surface area contributed by atoms with Crippen molar-refractivity contribution in [2.75, 3.05) is 20.3 Å². The van der Waals surface area contributed by atoms with E-state index in [1.54, 1.807) is 46.1 Å². The summed E-state index contributed by atoms with van der Waals surface area (Å²) in [6.07, 6.45) is 0. The summed E-state index contributed by atoms with van der Waals surface area (Å²) in [6.45, 7) is 5.50. The van der Waals surface area contributed by atoms with Crippen molar-refractivity contribution in [3.8, 4) is 17.0 Å². The topological polar surface area (TPSA) is 74.7 Å². The van der Waals surface area contributed by atoms with Gasteiger partial charge in [-0.1, -0.05) is 0 Å². The number of methoxy groups -OCH3 is 1. The predicted molar refractivity (Wildman–Crippen MR) is 92.9 cm³/mol. The Morgan fingerprint density at radius 3 is 2.16 bits per heavy atom. The molecule has 0 aliphatic heterocycles. The molecule has 0 bridgehead atoms. The first-order chi connectivity index (χ1) is 12.0. The maximum absolute atomic E-state index is 12.3. The van der Waals surface area contributed by atoms with Crippen LogP contribution in [0.5, 0.6) is 5.75 Å². The van der Waals surface area contributed by atoms with E-state index in [1.165, 1.54) is 0 Å². The number of rotatable bonds is 6. The molecular weight excluding hydrogens is 322 g/mol. The molecule has 2 rings (SSSR count). The number of hydrogen-bond acceptors (Lipinski definition) is 6. The number of aromatic nitrogens is 1. The zero-order valence-electron chi connectivity index (χ0n) is 14.8. The van der Waals surface area contributed by atoms with Gasteiger partial charge < -0.3 is 14.2 Å². The fourth-order valence-electron chi connectivity index (χ4n) is 2.41. The number of esters is 2. The summed E-state index contributed by atoms with van der Waals surface area (Å²) in [6, 6.07) is 8.82. The smallest absolute Gasteiger partial charge is 0.340 e. The van der Waals surface area contributed by atoms with Crippen LogP contribution in [0.1, 0.15) is 40.3 Å². The highest BCUT2D eigenvalue weighted by molar-refractivity contribution is 6.04. The maximum atomic E-state index is 12.3. The minimum Gasteiger partial charge on any atom is -0.497 e. The van der Waals surface area contributed by atoms with Crippen molar-refractivity contribution in [1.29, 1.82) is 0 Å². The minimum atomic E-state index is -0.586. The average molecular weight is 343 g/mol. The van der Waals surface area contributed by atoms with Crippen molar-refractivity contribution >= 4 is 11.9 Å². The lowest BCUT2D eigenvalue weighted by atomic mass is 10.0. The number of benzene rings is 1. The van der Waals surface area contributed by atoms with Gasteiger partial charge in [0, 0.05) is 5.56 Å². The lowest BCUT2D eigenvalue weighted by molar-refractivity contribution is 0.0477. The van der Waals surface area contributed by atoms with Gasteiger partial charge >= 0.3 is 11.9 Å². The number of ether oxygens (including phenoxy) is 3. The molecule has 0 amide bonds. The molecule has 1 heterocycles. The van der Waals surface area contributed by atoms with Crippen LogP contribution in [0.15, 0.2) is 30.3 Å². The second kappa shape index (κ2) is 8.28. The lowest BCUT2D eigenvalue weighted by Gasteiger charge is -2.13. The Labute approximate surface area is 146 Å². The molecule has 0 aliphatic carbocycles. The van der Waals surface area contributed by atoms with E-state index >= 15 is 0 Å². The molecule has 0 aliphatic rings. The van der Waals surface area contributed by atoms with Crippen LogP contribution in [-0.4, -0.2) is 37.2 Å². The summed E-state index contributed by atoms with van der Waals surface area (Å²) in [7, 11) is 1.59. The average Bonchev–Trinajstić information content (AvgIpc) is 2.61. The standard InChI is InChI=1S/C19H21NO5/c1-5-24-18(21)15-11-16(13-7-9-14(23-4)10-8-13)20-12(3)17(15)19(22)25-6-2/h7-11H,5-6H2,1-4H3. The Kier molecular flexibility index (Phi) is 6.11. The first-order valence-corrected chi connectivity index (χ1v) is 8.02. The number of carbonyl (C=O) groups is 2. The number of hydrogen-bond donors (Lipinski definition) is 0. The van der Waals surface area contributed by atoms with E-state index in [1.807, 2.05) is 12.1 Å². The van der Waals surface area contributed by atoms with Gasteiger partial charge in [-0.15, -0.1) is 0 Å². The summed E-state index contributed by atoms with van der Waals surface area (Å²) < 4.78 is 15.3. The van der Waals surface area contributed by atoms with Gasteiger partial charge in [0.2, 0.25) is 0 Å². The van der Waals surface area contributed by atoms with Crippen LogP contribution in [0, 0.1) is 6.92 Å². The monoisotopic (exact) mass is 343 g/mol. The van der Waals surface area contributed by atoms with Crippen molar-refractivity contribution in [2.45, 2.75) is 20.8 Å². The Hall–Kier alpha value is -2.89. The highest BCUT2D eigenvalue weighted by Gasteiger charge is 2.24. The highest BCUT2D eigenvalue weighted by atomic mass is 16.5. The molecule has 0 fully saturated rings. The fraction of sp³-hybridized carbons (Fsp3) is 0.316. The first kappa shape index (κ1) is 18.4. The predicted octanol–water partition coefficient (Wildman–Crippen LogP) is 3.42.